The Hall–Kier alpha value is -5.69. The third-order valence-electron chi connectivity index (χ3n) is 10.2. The highest BCUT2D eigenvalue weighted by Gasteiger charge is 2.57. The van der Waals surface area contributed by atoms with E-state index in [1.807, 2.05) is 42.5 Å². The Labute approximate surface area is 270 Å². The van der Waals surface area contributed by atoms with Crippen molar-refractivity contribution < 1.29 is 29.1 Å². The Morgan fingerprint density at radius 2 is 1.49 bits per heavy atom. The molecule has 1 saturated heterocycles. The smallest absolute Gasteiger partial charge is 0.238 e. The lowest BCUT2D eigenvalue weighted by atomic mass is 9.59. The van der Waals surface area contributed by atoms with Crippen LogP contribution < -0.4 is 4.90 Å². The van der Waals surface area contributed by atoms with Gasteiger partial charge >= 0.3 is 0 Å². The molecule has 7 heteroatoms. The van der Waals surface area contributed by atoms with Gasteiger partial charge in [0.1, 0.15) is 5.75 Å². The number of phenols is 1. The largest absolute Gasteiger partial charge is 0.508 e. The van der Waals surface area contributed by atoms with Crippen molar-refractivity contribution in [2.45, 2.75) is 25.7 Å². The second-order valence-electron chi connectivity index (χ2n) is 12.7. The van der Waals surface area contributed by atoms with Crippen molar-refractivity contribution in [1.82, 2.24) is 0 Å². The molecule has 230 valence electrons. The van der Waals surface area contributed by atoms with Gasteiger partial charge in [-0.3, -0.25) is 28.9 Å². The SMILES string of the molecule is CC1=CC(=O)C2=C(C1=O)[C@@H](c1c(O)ccc3ccccc13)C1=CC[C@@H]3C(=O)N(c4ccc(C(=O)c5ccccc5)cc4)C(=O)[C@@H]3[C@@H]1C2. The van der Waals surface area contributed by atoms with Gasteiger partial charge in [0.05, 0.1) is 17.5 Å². The Morgan fingerprint density at radius 3 is 2.26 bits per heavy atom. The summed E-state index contributed by atoms with van der Waals surface area (Å²) >= 11 is 0. The summed E-state index contributed by atoms with van der Waals surface area (Å²) < 4.78 is 0. The predicted molar refractivity (Wildman–Crippen MR) is 176 cm³/mol. The molecule has 4 aromatic carbocycles. The first-order valence-corrected chi connectivity index (χ1v) is 15.7. The number of carbonyl (C=O) groups is 5. The summed E-state index contributed by atoms with van der Waals surface area (Å²) in [5.41, 5.74) is 3.66. The summed E-state index contributed by atoms with van der Waals surface area (Å²) in [6.45, 7) is 1.62. The van der Waals surface area contributed by atoms with Crippen molar-refractivity contribution in [2.24, 2.45) is 17.8 Å². The molecule has 0 bridgehead atoms. The molecule has 0 aromatic heterocycles. The number of Topliss-reactive ketones (excluding diaryl/α,β-unsaturated/α-hetero) is 1. The van der Waals surface area contributed by atoms with Crippen molar-refractivity contribution >= 4 is 45.6 Å². The van der Waals surface area contributed by atoms with Gasteiger partial charge in [-0.25, -0.2) is 0 Å². The van der Waals surface area contributed by atoms with Crippen molar-refractivity contribution in [1.29, 1.82) is 0 Å². The van der Waals surface area contributed by atoms with Gasteiger partial charge in [-0.05, 0) is 72.9 Å². The van der Waals surface area contributed by atoms with Crippen LogP contribution in [0.25, 0.3) is 10.8 Å². The number of carbonyl (C=O) groups excluding carboxylic acids is 5. The maximum absolute atomic E-state index is 14.3. The molecule has 1 heterocycles. The summed E-state index contributed by atoms with van der Waals surface area (Å²) in [5, 5.41) is 13.0. The van der Waals surface area contributed by atoms with Crippen LogP contribution in [0.4, 0.5) is 5.69 Å². The van der Waals surface area contributed by atoms with Crippen molar-refractivity contribution in [3.05, 3.63) is 142 Å². The number of allylic oxidation sites excluding steroid dienone is 6. The number of anilines is 1. The van der Waals surface area contributed by atoms with Gasteiger partial charge in [-0.15, -0.1) is 0 Å². The second kappa shape index (κ2) is 10.7. The maximum Gasteiger partial charge on any atom is 0.238 e. The summed E-state index contributed by atoms with van der Waals surface area (Å²) in [7, 11) is 0. The minimum atomic E-state index is -0.754. The van der Waals surface area contributed by atoms with E-state index in [1.54, 1.807) is 61.5 Å². The van der Waals surface area contributed by atoms with Crippen LogP contribution in [0.2, 0.25) is 0 Å². The number of ketones is 3. The fourth-order valence-corrected chi connectivity index (χ4v) is 8.05. The normalized spacial score (nSPS) is 23.7. The predicted octanol–water partition coefficient (Wildman–Crippen LogP) is 6.41. The highest BCUT2D eigenvalue weighted by atomic mass is 16.3. The quantitative estimate of drug-likeness (QED) is 0.122. The van der Waals surface area contributed by atoms with Crippen molar-refractivity contribution in [3.8, 4) is 5.75 Å². The van der Waals surface area contributed by atoms with E-state index >= 15 is 0 Å². The Kier molecular flexibility index (Phi) is 6.55. The number of fused-ring (bicyclic) bond motifs is 4. The lowest BCUT2D eigenvalue weighted by Crippen LogP contribution is -2.40. The number of imide groups is 1. The third-order valence-corrected chi connectivity index (χ3v) is 10.2. The molecule has 1 N–H and O–H groups in total. The van der Waals surface area contributed by atoms with E-state index in [0.717, 1.165) is 16.3 Å². The molecule has 0 saturated carbocycles. The van der Waals surface area contributed by atoms with E-state index in [-0.39, 0.29) is 47.8 Å². The lowest BCUT2D eigenvalue weighted by molar-refractivity contribution is -0.123. The molecule has 4 aromatic rings. The molecule has 8 rings (SSSR count). The second-order valence-corrected chi connectivity index (χ2v) is 12.7. The Morgan fingerprint density at radius 1 is 0.787 bits per heavy atom. The zero-order valence-electron chi connectivity index (χ0n) is 25.5. The molecule has 0 spiro atoms. The summed E-state index contributed by atoms with van der Waals surface area (Å²) in [5.74, 6) is -4.08. The van der Waals surface area contributed by atoms with Crippen LogP contribution in [0.1, 0.15) is 47.2 Å². The third kappa shape index (κ3) is 4.30. The van der Waals surface area contributed by atoms with Gasteiger partial charge in [0.25, 0.3) is 0 Å². The van der Waals surface area contributed by atoms with Crippen LogP contribution in [0.5, 0.6) is 5.75 Å². The van der Waals surface area contributed by atoms with Gasteiger partial charge < -0.3 is 5.11 Å². The maximum atomic E-state index is 14.3. The molecular weight excluding hydrogens is 590 g/mol. The van der Waals surface area contributed by atoms with E-state index in [2.05, 4.69) is 0 Å². The molecule has 0 unspecified atom stereocenters. The topological polar surface area (TPSA) is 109 Å². The first-order chi connectivity index (χ1) is 22.7. The summed E-state index contributed by atoms with van der Waals surface area (Å²) in [6, 6.07) is 26.3. The Balaban J connectivity index is 1.21. The van der Waals surface area contributed by atoms with Crippen LogP contribution in [0.3, 0.4) is 0 Å². The van der Waals surface area contributed by atoms with Crippen LogP contribution in [0, 0.1) is 17.8 Å². The van der Waals surface area contributed by atoms with E-state index < -0.39 is 23.7 Å². The van der Waals surface area contributed by atoms with Crippen LogP contribution in [-0.4, -0.2) is 34.3 Å². The standard InChI is InChI=1S/C40H29NO6/c1-21-19-32(43)30-20-29-27(35(36(30)37(21)44)34-26-10-6-5-7-22(26)13-18-31(34)42)16-17-28-33(29)40(47)41(39(28)46)25-14-11-24(12-15-25)38(45)23-8-3-2-4-9-23/h2-16,18-19,28-29,33,35,42H,17,20H2,1H3/t28-,29+,33-,35+/m0/s1. The van der Waals surface area contributed by atoms with E-state index in [1.165, 1.54) is 11.0 Å². The molecule has 0 radical (unpaired) electrons. The van der Waals surface area contributed by atoms with Crippen LogP contribution in [0.15, 0.2) is 125 Å². The number of amides is 2. The molecule has 1 aliphatic heterocycles. The highest BCUT2D eigenvalue weighted by molar-refractivity contribution is 6.25. The number of phenolic OH excluding ortho intramolecular Hbond substituents is 1. The fourth-order valence-electron chi connectivity index (χ4n) is 8.05. The average molecular weight is 620 g/mol. The minimum Gasteiger partial charge on any atom is -0.508 e. The number of aromatic hydroxyl groups is 1. The Bertz CT molecular complexity index is 2170. The number of hydrogen-bond acceptors (Lipinski definition) is 6. The van der Waals surface area contributed by atoms with Crippen molar-refractivity contribution in [3.63, 3.8) is 0 Å². The van der Waals surface area contributed by atoms with E-state index in [9.17, 15) is 29.1 Å². The highest BCUT2D eigenvalue weighted by Crippen LogP contribution is 2.57. The monoisotopic (exact) mass is 619 g/mol. The number of nitrogens with zero attached hydrogens (tertiary/aromatic N) is 1. The summed E-state index contributed by atoms with van der Waals surface area (Å²) in [4.78, 5) is 69.8. The molecule has 3 aliphatic carbocycles. The van der Waals surface area contributed by atoms with Gasteiger partial charge in [0.2, 0.25) is 11.8 Å². The van der Waals surface area contributed by atoms with Crippen LogP contribution >= 0.6 is 0 Å². The fraction of sp³-hybridized carbons (Fsp3) is 0.175. The lowest BCUT2D eigenvalue weighted by Gasteiger charge is -2.42. The number of rotatable bonds is 4. The molecule has 2 amide bonds. The number of hydrogen-bond donors (Lipinski definition) is 1. The molecule has 4 aliphatic rings. The first-order valence-electron chi connectivity index (χ1n) is 15.7. The molecule has 1 fully saturated rings. The first kappa shape index (κ1) is 28.8. The van der Waals surface area contributed by atoms with Gasteiger partial charge in [0.15, 0.2) is 17.3 Å². The van der Waals surface area contributed by atoms with Gasteiger partial charge in [0, 0.05) is 39.3 Å². The minimum absolute atomic E-state index is 0.00253. The number of benzene rings is 4. The molecular formula is C40H29NO6. The van der Waals surface area contributed by atoms with E-state index in [0.29, 0.717) is 39.1 Å². The van der Waals surface area contributed by atoms with E-state index in [4.69, 9.17) is 0 Å². The summed E-state index contributed by atoms with van der Waals surface area (Å²) in [6.07, 6.45) is 3.73. The average Bonchev–Trinajstić information content (AvgIpc) is 3.35. The molecule has 4 atom stereocenters. The van der Waals surface area contributed by atoms with Gasteiger partial charge in [-0.1, -0.05) is 72.3 Å². The van der Waals surface area contributed by atoms with Gasteiger partial charge in [-0.2, -0.15) is 0 Å². The molecule has 47 heavy (non-hydrogen) atoms. The van der Waals surface area contributed by atoms with Crippen molar-refractivity contribution in [2.75, 3.05) is 4.90 Å². The zero-order chi connectivity index (χ0) is 32.6. The zero-order valence-corrected chi connectivity index (χ0v) is 25.5. The molecule has 7 nitrogen and oxygen atoms in total. The van der Waals surface area contributed by atoms with Crippen LogP contribution in [-0.2, 0) is 19.2 Å².